The van der Waals surface area contributed by atoms with Gasteiger partial charge in [0.2, 0.25) is 0 Å². The number of carbonyl (C=O) groups is 1. The second kappa shape index (κ2) is 9.68. The molecule has 3 heterocycles. The van der Waals surface area contributed by atoms with Crippen molar-refractivity contribution in [1.82, 2.24) is 24.6 Å². The van der Waals surface area contributed by atoms with Gasteiger partial charge in [-0.05, 0) is 63.6 Å². The minimum absolute atomic E-state index is 0.0949. The Morgan fingerprint density at radius 1 is 1.05 bits per heavy atom. The first-order valence-corrected chi connectivity index (χ1v) is 12.1. The molecule has 0 radical (unpaired) electrons. The number of anilines is 1. The summed E-state index contributed by atoms with van der Waals surface area (Å²) >= 11 is 0. The van der Waals surface area contributed by atoms with Crippen LogP contribution in [0.15, 0.2) is 60.9 Å². The average molecular weight is 505 g/mol. The molecule has 9 nitrogen and oxygen atoms in total. The molecule has 37 heavy (non-hydrogen) atoms. The van der Waals surface area contributed by atoms with Gasteiger partial charge in [-0.25, -0.2) is 23.8 Å². The van der Waals surface area contributed by atoms with Crippen LogP contribution in [0.4, 0.5) is 15.0 Å². The second-order valence-electron chi connectivity index (χ2n) is 9.99. The van der Waals surface area contributed by atoms with Gasteiger partial charge >= 0.3 is 6.09 Å². The number of nitrogen functional groups attached to an aromatic ring is 1. The number of likely N-dealkylation sites (tertiary alicyclic amines) is 1. The number of piperidine rings is 1. The van der Waals surface area contributed by atoms with Gasteiger partial charge in [0.1, 0.15) is 41.1 Å². The molecule has 0 unspecified atom stereocenters. The number of hydrogen-bond donors (Lipinski definition) is 1. The Kier molecular flexibility index (Phi) is 6.41. The molecule has 2 aromatic heterocycles. The highest BCUT2D eigenvalue weighted by atomic mass is 19.1. The van der Waals surface area contributed by atoms with Gasteiger partial charge in [0.25, 0.3) is 0 Å². The monoisotopic (exact) mass is 504 g/mol. The largest absolute Gasteiger partial charge is 0.457 e. The molecule has 2 N–H and O–H groups in total. The predicted molar refractivity (Wildman–Crippen MR) is 138 cm³/mol. The lowest BCUT2D eigenvalue weighted by molar-refractivity contribution is 0.00611. The van der Waals surface area contributed by atoms with Crippen molar-refractivity contribution in [2.45, 2.75) is 45.0 Å². The Morgan fingerprint density at radius 2 is 1.76 bits per heavy atom. The fraction of sp³-hybridized carbons (Fsp3) is 0.333. The first-order valence-electron chi connectivity index (χ1n) is 12.1. The van der Waals surface area contributed by atoms with Crippen molar-refractivity contribution < 1.29 is 18.7 Å². The Bertz CT molecular complexity index is 1400. The van der Waals surface area contributed by atoms with Crippen molar-refractivity contribution in [1.29, 1.82) is 0 Å². The normalized spacial score (nSPS) is 18.1. The zero-order chi connectivity index (χ0) is 26.2. The molecule has 192 valence electrons. The van der Waals surface area contributed by atoms with E-state index < -0.39 is 23.9 Å². The van der Waals surface area contributed by atoms with Crippen LogP contribution in [0.2, 0.25) is 0 Å². The van der Waals surface area contributed by atoms with Crippen molar-refractivity contribution in [3.8, 4) is 22.8 Å². The maximum Gasteiger partial charge on any atom is 0.410 e. The third-order valence-corrected chi connectivity index (χ3v) is 6.10. The Balaban J connectivity index is 1.42. The zero-order valence-electron chi connectivity index (χ0n) is 21.0. The van der Waals surface area contributed by atoms with E-state index in [0.717, 1.165) is 11.3 Å². The number of fused-ring (bicyclic) bond motifs is 1. The van der Waals surface area contributed by atoms with Crippen molar-refractivity contribution in [3.05, 3.63) is 60.9 Å². The highest BCUT2D eigenvalue weighted by Crippen LogP contribution is 2.36. The SMILES string of the molecule is CC(C)(C)OC(=O)N1CC[C@@H](n2nc(-c3ccc(Oc4ccccc4)cc3)c3c(N)ncnc32)[C@@H](F)C1. The van der Waals surface area contributed by atoms with Crippen molar-refractivity contribution >= 4 is 22.9 Å². The number of rotatable bonds is 4. The molecular weight excluding hydrogens is 475 g/mol. The lowest BCUT2D eigenvalue weighted by atomic mass is 10.0. The summed E-state index contributed by atoms with van der Waals surface area (Å²) in [6.45, 7) is 5.59. The maximum absolute atomic E-state index is 15.5. The van der Waals surface area contributed by atoms with Crippen LogP contribution in [0.1, 0.15) is 33.2 Å². The highest BCUT2D eigenvalue weighted by molar-refractivity contribution is 5.98. The van der Waals surface area contributed by atoms with Gasteiger partial charge in [-0.15, -0.1) is 0 Å². The molecule has 1 saturated heterocycles. The second-order valence-corrected chi connectivity index (χ2v) is 9.99. The maximum atomic E-state index is 15.5. The summed E-state index contributed by atoms with van der Waals surface area (Å²) in [7, 11) is 0. The van der Waals surface area contributed by atoms with E-state index in [4.69, 9.17) is 20.3 Å². The number of aromatic nitrogens is 4. The van der Waals surface area contributed by atoms with Gasteiger partial charge in [0.15, 0.2) is 5.65 Å². The molecule has 0 bridgehead atoms. The fourth-order valence-electron chi connectivity index (χ4n) is 4.39. The molecule has 0 saturated carbocycles. The number of nitrogens with zero attached hydrogens (tertiary/aromatic N) is 5. The molecule has 2 aromatic carbocycles. The summed E-state index contributed by atoms with van der Waals surface area (Å²) in [5.41, 5.74) is 7.36. The summed E-state index contributed by atoms with van der Waals surface area (Å²) in [6.07, 6.45) is -0.191. The molecule has 4 aromatic rings. The number of amides is 1. The molecule has 1 aliphatic rings. The summed E-state index contributed by atoms with van der Waals surface area (Å²) < 4.78 is 28.4. The lowest BCUT2D eigenvalue weighted by Crippen LogP contribution is -2.47. The van der Waals surface area contributed by atoms with Crippen molar-refractivity contribution in [2.24, 2.45) is 0 Å². The van der Waals surface area contributed by atoms with Crippen LogP contribution in [0.3, 0.4) is 0 Å². The molecule has 1 aliphatic heterocycles. The van der Waals surface area contributed by atoms with E-state index >= 15 is 4.39 Å². The van der Waals surface area contributed by atoms with Gasteiger partial charge < -0.3 is 20.1 Å². The molecule has 0 spiro atoms. The molecule has 1 fully saturated rings. The van der Waals surface area contributed by atoms with Gasteiger partial charge in [0.05, 0.1) is 18.0 Å². The first kappa shape index (κ1) is 24.5. The van der Waals surface area contributed by atoms with Crippen LogP contribution in [-0.4, -0.2) is 55.6 Å². The predicted octanol–water partition coefficient (Wildman–Crippen LogP) is 5.39. The molecule has 10 heteroatoms. The zero-order valence-corrected chi connectivity index (χ0v) is 21.0. The van der Waals surface area contributed by atoms with Crippen molar-refractivity contribution in [3.63, 3.8) is 0 Å². The van der Waals surface area contributed by atoms with E-state index in [1.165, 1.54) is 11.2 Å². The lowest BCUT2D eigenvalue weighted by Gasteiger charge is -2.35. The molecule has 5 rings (SSSR count). The average Bonchev–Trinajstić information content (AvgIpc) is 3.25. The van der Waals surface area contributed by atoms with E-state index in [-0.39, 0.29) is 12.4 Å². The smallest absolute Gasteiger partial charge is 0.410 e. The molecule has 1 amide bonds. The Morgan fingerprint density at radius 3 is 2.43 bits per heavy atom. The summed E-state index contributed by atoms with van der Waals surface area (Å²) in [5, 5.41) is 5.31. The Hall–Kier alpha value is -4.21. The van der Waals surface area contributed by atoms with E-state index in [2.05, 4.69) is 9.97 Å². The first-order chi connectivity index (χ1) is 17.7. The minimum Gasteiger partial charge on any atom is -0.457 e. The van der Waals surface area contributed by atoms with Gasteiger partial charge in [0, 0.05) is 12.1 Å². The molecule has 2 atom stereocenters. The molecule has 0 aliphatic carbocycles. The topological polar surface area (TPSA) is 108 Å². The Labute approximate surface area is 214 Å². The standard InChI is InChI=1S/C27H29FN6O3/c1-27(2,3)37-26(35)33-14-13-21(20(28)15-33)34-25-22(24(29)30-16-31-25)23(32-34)17-9-11-19(12-10-17)36-18-7-5-4-6-8-18/h4-12,16,20-21H,13-15H2,1-3H3,(H2,29,30,31)/t20-,21+/m0/s1. The van der Waals surface area contributed by atoms with Crippen molar-refractivity contribution in [2.75, 3.05) is 18.8 Å². The number of nitrogens with two attached hydrogens (primary N) is 1. The summed E-state index contributed by atoms with van der Waals surface area (Å²) in [5.74, 6) is 1.66. The summed E-state index contributed by atoms with van der Waals surface area (Å²) in [4.78, 5) is 22.4. The van der Waals surface area contributed by atoms with Crippen LogP contribution < -0.4 is 10.5 Å². The number of halogens is 1. The quantitative estimate of drug-likeness (QED) is 0.397. The van der Waals surface area contributed by atoms with Gasteiger partial charge in [-0.1, -0.05) is 18.2 Å². The third kappa shape index (κ3) is 5.18. The van der Waals surface area contributed by atoms with E-state index in [9.17, 15) is 4.79 Å². The molecular formula is C27H29FN6O3. The van der Waals surface area contributed by atoms with Gasteiger partial charge in [-0.2, -0.15) is 5.10 Å². The number of ether oxygens (including phenoxy) is 2. The minimum atomic E-state index is -1.37. The number of alkyl halides is 1. The summed E-state index contributed by atoms with van der Waals surface area (Å²) in [6, 6.07) is 16.3. The van der Waals surface area contributed by atoms with Crippen LogP contribution in [0.25, 0.3) is 22.3 Å². The number of hydrogen-bond acceptors (Lipinski definition) is 7. The van der Waals surface area contributed by atoms with E-state index in [1.54, 1.807) is 25.5 Å². The van der Waals surface area contributed by atoms with E-state index in [0.29, 0.717) is 35.4 Å². The number of carbonyl (C=O) groups excluding carboxylic acids is 1. The van der Waals surface area contributed by atoms with Crippen LogP contribution in [0.5, 0.6) is 11.5 Å². The van der Waals surface area contributed by atoms with Gasteiger partial charge in [-0.3, -0.25) is 0 Å². The van der Waals surface area contributed by atoms with Crippen LogP contribution in [-0.2, 0) is 4.74 Å². The number of para-hydroxylation sites is 1. The van der Waals surface area contributed by atoms with Crippen LogP contribution >= 0.6 is 0 Å². The van der Waals surface area contributed by atoms with E-state index in [1.807, 2.05) is 54.6 Å². The van der Waals surface area contributed by atoms with Crippen LogP contribution in [0, 0.1) is 0 Å². The third-order valence-electron chi connectivity index (χ3n) is 6.10. The number of benzene rings is 2. The highest BCUT2D eigenvalue weighted by Gasteiger charge is 2.36. The fourth-order valence-corrected chi connectivity index (χ4v) is 4.39.